The Bertz CT molecular complexity index is 389. The minimum atomic E-state index is -0.233. The normalized spacial score (nSPS) is 16.4. The first kappa shape index (κ1) is 12.2. The largest absolute Gasteiger partial charge is 0.336 e. The number of anilines is 1. The number of carbonyl (C=O) groups excluding carboxylic acids is 1. The van der Waals surface area contributed by atoms with Crippen LogP contribution in [-0.2, 0) is 0 Å². The molecule has 1 saturated carbocycles. The molecule has 92 valence electrons. The van der Waals surface area contributed by atoms with Crippen LogP contribution in [0.3, 0.4) is 0 Å². The lowest BCUT2D eigenvalue weighted by molar-refractivity contribution is 0.251. The summed E-state index contributed by atoms with van der Waals surface area (Å²) in [7, 11) is 0. The van der Waals surface area contributed by atoms with E-state index < -0.39 is 0 Å². The van der Waals surface area contributed by atoms with Crippen LogP contribution in [0.5, 0.6) is 0 Å². The summed E-state index contributed by atoms with van der Waals surface area (Å²) in [4.78, 5) is 11.5. The Labute approximate surface area is 106 Å². The van der Waals surface area contributed by atoms with Crippen molar-refractivity contribution < 1.29 is 4.79 Å². The van der Waals surface area contributed by atoms with Crippen molar-refractivity contribution in [2.45, 2.75) is 18.9 Å². The van der Waals surface area contributed by atoms with Gasteiger partial charge in [0, 0.05) is 23.3 Å². The lowest BCUT2D eigenvalue weighted by Gasteiger charge is -2.12. The molecule has 0 saturated heterocycles. The molecular weight excluding hydrogens is 238 g/mol. The van der Waals surface area contributed by atoms with E-state index in [1.165, 1.54) is 12.8 Å². The number of urea groups is 1. The summed E-state index contributed by atoms with van der Waals surface area (Å²) >= 11 is 5.75. The van der Waals surface area contributed by atoms with Crippen LogP contribution in [0.15, 0.2) is 24.3 Å². The maximum Gasteiger partial charge on any atom is 0.319 e. The average molecular weight is 254 g/mol. The van der Waals surface area contributed by atoms with E-state index >= 15 is 0 Å². The number of carbonyl (C=O) groups is 1. The molecule has 1 aliphatic carbocycles. The zero-order chi connectivity index (χ0) is 12.3. The second-order valence-electron chi connectivity index (χ2n) is 4.34. The zero-order valence-corrected chi connectivity index (χ0v) is 10.2. The molecule has 4 nitrogen and oxygen atoms in total. The molecule has 0 aromatic heterocycles. The van der Waals surface area contributed by atoms with Gasteiger partial charge in [-0.2, -0.15) is 0 Å². The monoisotopic (exact) mass is 253 g/mol. The minimum Gasteiger partial charge on any atom is -0.336 e. The van der Waals surface area contributed by atoms with Gasteiger partial charge in [0.25, 0.3) is 0 Å². The number of rotatable bonds is 4. The molecule has 1 aliphatic rings. The molecule has 2 amide bonds. The third-order valence-electron chi connectivity index (χ3n) is 2.83. The predicted octanol–water partition coefficient (Wildman–Crippen LogP) is 2.20. The number of nitrogens with two attached hydrogens (primary N) is 1. The Kier molecular flexibility index (Phi) is 3.86. The molecule has 2 rings (SSSR count). The first-order valence-corrected chi connectivity index (χ1v) is 6.09. The quantitative estimate of drug-likeness (QED) is 0.770. The van der Waals surface area contributed by atoms with Crippen LogP contribution >= 0.6 is 11.6 Å². The van der Waals surface area contributed by atoms with Crippen molar-refractivity contribution in [2.75, 3.05) is 11.9 Å². The number of benzene rings is 1. The molecule has 1 aromatic rings. The van der Waals surface area contributed by atoms with Crippen molar-refractivity contribution in [3.05, 3.63) is 29.3 Å². The van der Waals surface area contributed by atoms with E-state index in [0.29, 0.717) is 23.2 Å². The smallest absolute Gasteiger partial charge is 0.319 e. The van der Waals surface area contributed by atoms with Crippen molar-refractivity contribution in [3.8, 4) is 0 Å². The molecule has 0 radical (unpaired) electrons. The molecule has 0 spiro atoms. The van der Waals surface area contributed by atoms with Crippen LogP contribution in [-0.4, -0.2) is 18.6 Å². The second kappa shape index (κ2) is 5.38. The van der Waals surface area contributed by atoms with Gasteiger partial charge in [0.15, 0.2) is 0 Å². The molecule has 17 heavy (non-hydrogen) atoms. The highest BCUT2D eigenvalue weighted by atomic mass is 35.5. The highest BCUT2D eigenvalue weighted by Crippen LogP contribution is 2.31. The Hall–Kier alpha value is -1.26. The predicted molar refractivity (Wildman–Crippen MR) is 69.2 cm³/mol. The molecular formula is C12H16ClN3O. The maximum absolute atomic E-state index is 11.5. The van der Waals surface area contributed by atoms with Crippen LogP contribution in [0.4, 0.5) is 10.5 Å². The Morgan fingerprint density at radius 1 is 1.41 bits per heavy atom. The van der Waals surface area contributed by atoms with E-state index in [0.717, 1.165) is 0 Å². The van der Waals surface area contributed by atoms with Crippen LogP contribution < -0.4 is 16.4 Å². The van der Waals surface area contributed by atoms with Gasteiger partial charge in [0.05, 0.1) is 0 Å². The summed E-state index contributed by atoms with van der Waals surface area (Å²) in [5.74, 6) is 0.589. The summed E-state index contributed by atoms with van der Waals surface area (Å²) < 4.78 is 0. The molecule has 0 aliphatic heterocycles. The highest BCUT2D eigenvalue weighted by molar-refractivity contribution is 6.30. The van der Waals surface area contributed by atoms with E-state index in [-0.39, 0.29) is 12.1 Å². The highest BCUT2D eigenvalue weighted by Gasteiger charge is 2.28. The Morgan fingerprint density at radius 3 is 2.65 bits per heavy atom. The van der Waals surface area contributed by atoms with Crippen LogP contribution in [0.25, 0.3) is 0 Å². The van der Waals surface area contributed by atoms with E-state index in [9.17, 15) is 4.79 Å². The van der Waals surface area contributed by atoms with Crippen LogP contribution in [0.1, 0.15) is 12.8 Å². The minimum absolute atomic E-state index is 0.0750. The fourth-order valence-electron chi connectivity index (χ4n) is 1.61. The van der Waals surface area contributed by atoms with Gasteiger partial charge in [-0.15, -0.1) is 0 Å². The third-order valence-corrected chi connectivity index (χ3v) is 3.08. The summed E-state index contributed by atoms with van der Waals surface area (Å²) in [5, 5.41) is 6.12. The molecule has 1 unspecified atom stereocenters. The van der Waals surface area contributed by atoms with Gasteiger partial charge in [-0.3, -0.25) is 0 Å². The zero-order valence-electron chi connectivity index (χ0n) is 9.45. The van der Waals surface area contributed by atoms with Gasteiger partial charge in [-0.05, 0) is 43.0 Å². The number of amides is 2. The average Bonchev–Trinajstić information content (AvgIpc) is 3.13. The van der Waals surface area contributed by atoms with Crippen molar-refractivity contribution in [1.29, 1.82) is 0 Å². The maximum atomic E-state index is 11.5. The third kappa shape index (κ3) is 3.91. The lowest BCUT2D eigenvalue weighted by atomic mass is 10.2. The van der Waals surface area contributed by atoms with Crippen molar-refractivity contribution in [1.82, 2.24) is 5.32 Å². The van der Waals surface area contributed by atoms with Crippen molar-refractivity contribution in [3.63, 3.8) is 0 Å². The van der Waals surface area contributed by atoms with Crippen LogP contribution in [0, 0.1) is 5.92 Å². The molecule has 1 fully saturated rings. The van der Waals surface area contributed by atoms with Gasteiger partial charge in [0.2, 0.25) is 0 Å². The molecule has 0 bridgehead atoms. The van der Waals surface area contributed by atoms with Gasteiger partial charge >= 0.3 is 6.03 Å². The fourth-order valence-corrected chi connectivity index (χ4v) is 1.74. The number of nitrogens with one attached hydrogen (secondary N) is 2. The van der Waals surface area contributed by atoms with Crippen molar-refractivity contribution in [2.24, 2.45) is 11.7 Å². The van der Waals surface area contributed by atoms with Gasteiger partial charge in [0.1, 0.15) is 0 Å². The standard InChI is InChI=1S/C12H16ClN3O/c13-9-3-5-10(6-4-9)16-12(17)15-7-11(14)8-1-2-8/h3-6,8,11H,1-2,7,14H2,(H2,15,16,17). The van der Waals surface area contributed by atoms with Gasteiger partial charge in [-0.25, -0.2) is 4.79 Å². The van der Waals surface area contributed by atoms with Crippen LogP contribution in [0.2, 0.25) is 5.02 Å². The summed E-state index contributed by atoms with van der Waals surface area (Å²) in [6.45, 7) is 0.518. The number of hydrogen-bond donors (Lipinski definition) is 3. The molecule has 4 N–H and O–H groups in total. The van der Waals surface area contributed by atoms with Gasteiger partial charge in [-0.1, -0.05) is 11.6 Å². The summed E-state index contributed by atoms with van der Waals surface area (Å²) in [6.07, 6.45) is 2.36. The lowest BCUT2D eigenvalue weighted by Crippen LogP contribution is -2.40. The van der Waals surface area contributed by atoms with E-state index in [4.69, 9.17) is 17.3 Å². The van der Waals surface area contributed by atoms with E-state index in [1.54, 1.807) is 24.3 Å². The molecule has 5 heteroatoms. The molecule has 1 aromatic carbocycles. The first-order chi connectivity index (χ1) is 8.15. The molecule has 1 atom stereocenters. The van der Waals surface area contributed by atoms with E-state index in [1.807, 2.05) is 0 Å². The number of halogens is 1. The molecule has 0 heterocycles. The van der Waals surface area contributed by atoms with E-state index in [2.05, 4.69) is 10.6 Å². The summed E-state index contributed by atoms with van der Waals surface area (Å²) in [6, 6.07) is 6.81. The van der Waals surface area contributed by atoms with Crippen molar-refractivity contribution >= 4 is 23.3 Å². The Morgan fingerprint density at radius 2 is 2.06 bits per heavy atom. The first-order valence-electron chi connectivity index (χ1n) is 5.71. The Balaban J connectivity index is 1.74. The summed E-state index contributed by atoms with van der Waals surface area (Å²) in [5.41, 5.74) is 6.60. The fraction of sp³-hybridized carbons (Fsp3) is 0.417. The van der Waals surface area contributed by atoms with Gasteiger partial charge < -0.3 is 16.4 Å². The topological polar surface area (TPSA) is 67.1 Å². The number of hydrogen-bond acceptors (Lipinski definition) is 2. The SMILES string of the molecule is NC(CNC(=O)Nc1ccc(Cl)cc1)C1CC1. The second-order valence-corrected chi connectivity index (χ2v) is 4.78.